The topological polar surface area (TPSA) is 110 Å². The number of anilines is 1. The van der Waals surface area contributed by atoms with Gasteiger partial charge in [-0.15, -0.1) is 0 Å². The smallest absolute Gasteiger partial charge is 0.338 e. The van der Waals surface area contributed by atoms with Gasteiger partial charge in [-0.3, -0.25) is 14.8 Å². The third-order valence-corrected chi connectivity index (χ3v) is 2.91. The Morgan fingerprint density at radius 3 is 2.81 bits per heavy atom. The molecule has 0 aliphatic carbocycles. The van der Waals surface area contributed by atoms with Gasteiger partial charge in [-0.1, -0.05) is 0 Å². The van der Waals surface area contributed by atoms with Gasteiger partial charge in [0, 0.05) is 44.0 Å². The molecule has 0 saturated heterocycles. The van der Waals surface area contributed by atoms with Gasteiger partial charge in [0.1, 0.15) is 0 Å². The molecule has 1 heterocycles. The molecule has 1 aromatic carbocycles. The monoisotopic (exact) mass is 290 g/mol. The summed E-state index contributed by atoms with van der Waals surface area (Å²) in [5.74, 6) is -1.21. The highest BCUT2D eigenvalue weighted by molar-refractivity contribution is 5.95. The van der Waals surface area contributed by atoms with Gasteiger partial charge in [-0.25, -0.2) is 4.79 Å². The van der Waals surface area contributed by atoms with E-state index in [1.165, 1.54) is 12.1 Å². The standard InChI is InChI=1S/C13H14N4O4/c1-16-7-5-9(15-16)4-6-14-12-3-2-10(17(20)21)8-11(12)13(18)19/h2-3,5,7-8,14H,4,6H2,1H3,(H,18,19). The van der Waals surface area contributed by atoms with Crippen molar-refractivity contribution in [1.29, 1.82) is 0 Å². The molecule has 8 nitrogen and oxygen atoms in total. The highest BCUT2D eigenvalue weighted by Gasteiger charge is 2.15. The Kier molecular flexibility index (Phi) is 4.17. The fourth-order valence-electron chi connectivity index (χ4n) is 1.90. The molecule has 0 bridgehead atoms. The van der Waals surface area contributed by atoms with Crippen molar-refractivity contribution in [3.63, 3.8) is 0 Å². The van der Waals surface area contributed by atoms with E-state index in [1.54, 1.807) is 4.68 Å². The van der Waals surface area contributed by atoms with Gasteiger partial charge in [-0.2, -0.15) is 5.10 Å². The number of aryl methyl sites for hydroxylation is 1. The van der Waals surface area contributed by atoms with Crippen LogP contribution in [0, 0.1) is 10.1 Å². The molecule has 0 radical (unpaired) electrons. The Hall–Kier alpha value is -2.90. The van der Waals surface area contributed by atoms with Gasteiger partial charge >= 0.3 is 5.97 Å². The maximum atomic E-state index is 11.2. The second kappa shape index (κ2) is 6.04. The maximum absolute atomic E-state index is 11.2. The van der Waals surface area contributed by atoms with Gasteiger partial charge in [0.25, 0.3) is 5.69 Å². The number of aromatic carboxylic acids is 1. The number of hydrogen-bond donors (Lipinski definition) is 2. The summed E-state index contributed by atoms with van der Waals surface area (Å²) in [6.45, 7) is 0.481. The fraction of sp³-hybridized carbons (Fsp3) is 0.231. The van der Waals surface area contributed by atoms with Crippen LogP contribution in [-0.4, -0.2) is 32.3 Å². The van der Waals surface area contributed by atoms with E-state index in [2.05, 4.69) is 10.4 Å². The van der Waals surface area contributed by atoms with E-state index < -0.39 is 10.9 Å². The summed E-state index contributed by atoms with van der Waals surface area (Å²) >= 11 is 0. The molecule has 2 N–H and O–H groups in total. The van der Waals surface area contributed by atoms with Crippen molar-refractivity contribution in [2.75, 3.05) is 11.9 Å². The average Bonchev–Trinajstić information content (AvgIpc) is 2.84. The van der Waals surface area contributed by atoms with E-state index in [0.717, 1.165) is 11.8 Å². The van der Waals surface area contributed by atoms with Crippen molar-refractivity contribution in [2.24, 2.45) is 7.05 Å². The number of aromatic nitrogens is 2. The Balaban J connectivity index is 2.08. The Bertz CT molecular complexity index is 681. The zero-order valence-corrected chi connectivity index (χ0v) is 11.3. The van der Waals surface area contributed by atoms with Crippen LogP contribution in [0.5, 0.6) is 0 Å². The summed E-state index contributed by atoms with van der Waals surface area (Å²) < 4.78 is 1.68. The van der Waals surface area contributed by atoms with Crippen molar-refractivity contribution in [1.82, 2.24) is 9.78 Å². The first-order chi connectivity index (χ1) is 9.97. The molecule has 1 aromatic heterocycles. The van der Waals surface area contributed by atoms with Crippen LogP contribution in [0.15, 0.2) is 30.5 Å². The van der Waals surface area contributed by atoms with Gasteiger partial charge in [0.15, 0.2) is 0 Å². The molecular formula is C13H14N4O4. The minimum atomic E-state index is -1.21. The van der Waals surface area contributed by atoms with Crippen molar-refractivity contribution >= 4 is 17.3 Å². The van der Waals surface area contributed by atoms with Crippen LogP contribution in [0.4, 0.5) is 11.4 Å². The van der Waals surface area contributed by atoms with E-state index in [1.807, 2.05) is 19.3 Å². The average molecular weight is 290 g/mol. The Labute approximate surface area is 120 Å². The molecule has 0 unspecified atom stereocenters. The summed E-state index contributed by atoms with van der Waals surface area (Å²) in [5.41, 5.74) is 0.862. The number of hydrogen-bond acceptors (Lipinski definition) is 5. The first-order valence-corrected chi connectivity index (χ1v) is 6.21. The van der Waals surface area contributed by atoms with Crippen LogP contribution in [-0.2, 0) is 13.5 Å². The predicted octanol–water partition coefficient (Wildman–Crippen LogP) is 1.68. The quantitative estimate of drug-likeness (QED) is 0.618. The van der Waals surface area contributed by atoms with Crippen molar-refractivity contribution in [3.05, 3.63) is 51.8 Å². The van der Waals surface area contributed by atoms with Crippen LogP contribution < -0.4 is 5.32 Å². The normalized spacial score (nSPS) is 10.3. The third-order valence-electron chi connectivity index (χ3n) is 2.91. The lowest BCUT2D eigenvalue weighted by molar-refractivity contribution is -0.384. The first-order valence-electron chi connectivity index (χ1n) is 6.21. The van der Waals surface area contributed by atoms with Crippen LogP contribution >= 0.6 is 0 Å². The summed E-state index contributed by atoms with van der Waals surface area (Å²) in [6, 6.07) is 5.59. The number of benzene rings is 1. The number of non-ortho nitro benzene ring substituents is 1. The summed E-state index contributed by atoms with van der Waals surface area (Å²) in [4.78, 5) is 21.2. The van der Waals surface area contributed by atoms with Crippen molar-refractivity contribution < 1.29 is 14.8 Å². The number of carboxylic acid groups (broad SMARTS) is 1. The highest BCUT2D eigenvalue weighted by Crippen LogP contribution is 2.22. The Morgan fingerprint density at radius 1 is 1.48 bits per heavy atom. The molecule has 0 aliphatic rings. The first kappa shape index (κ1) is 14.5. The number of carboxylic acids is 1. The second-order valence-electron chi connectivity index (χ2n) is 4.45. The Morgan fingerprint density at radius 2 is 2.24 bits per heavy atom. The van der Waals surface area contributed by atoms with Gasteiger partial charge in [-0.05, 0) is 12.1 Å². The van der Waals surface area contributed by atoms with Gasteiger partial charge in [0.2, 0.25) is 0 Å². The number of nitro groups is 1. The van der Waals surface area contributed by atoms with Gasteiger partial charge in [0.05, 0.1) is 16.2 Å². The minimum Gasteiger partial charge on any atom is -0.478 e. The van der Waals surface area contributed by atoms with E-state index >= 15 is 0 Å². The van der Waals surface area contributed by atoms with Crippen LogP contribution in [0.2, 0.25) is 0 Å². The number of rotatable bonds is 6. The zero-order valence-electron chi connectivity index (χ0n) is 11.3. The highest BCUT2D eigenvalue weighted by atomic mass is 16.6. The van der Waals surface area contributed by atoms with E-state index in [9.17, 15) is 14.9 Å². The number of carbonyl (C=O) groups is 1. The molecule has 0 amide bonds. The molecule has 0 saturated carbocycles. The lowest BCUT2D eigenvalue weighted by Gasteiger charge is -2.08. The van der Waals surface area contributed by atoms with Crippen LogP contribution in [0.1, 0.15) is 16.1 Å². The zero-order chi connectivity index (χ0) is 15.4. The summed E-state index contributed by atoms with van der Waals surface area (Å²) in [6.07, 6.45) is 2.45. The van der Waals surface area contributed by atoms with E-state index in [0.29, 0.717) is 18.7 Å². The molecule has 0 atom stereocenters. The molecule has 21 heavy (non-hydrogen) atoms. The maximum Gasteiger partial charge on any atom is 0.338 e. The minimum absolute atomic E-state index is 0.120. The van der Waals surface area contributed by atoms with E-state index in [-0.39, 0.29) is 11.3 Å². The number of nitrogens with one attached hydrogen (secondary N) is 1. The van der Waals surface area contributed by atoms with E-state index in [4.69, 9.17) is 5.11 Å². The number of nitrogens with zero attached hydrogens (tertiary/aromatic N) is 3. The molecule has 0 fully saturated rings. The van der Waals surface area contributed by atoms with Crippen LogP contribution in [0.3, 0.4) is 0 Å². The largest absolute Gasteiger partial charge is 0.478 e. The molecule has 2 rings (SSSR count). The molecule has 8 heteroatoms. The lowest BCUT2D eigenvalue weighted by atomic mass is 10.1. The fourth-order valence-corrected chi connectivity index (χ4v) is 1.90. The lowest BCUT2D eigenvalue weighted by Crippen LogP contribution is -2.10. The third kappa shape index (κ3) is 3.56. The SMILES string of the molecule is Cn1ccc(CCNc2ccc([N+](=O)[O-])cc2C(=O)O)n1. The number of nitro benzene ring substituents is 1. The summed E-state index contributed by atoms with van der Waals surface area (Å²) in [5, 5.41) is 27.0. The second-order valence-corrected chi connectivity index (χ2v) is 4.45. The molecule has 2 aromatic rings. The molecule has 0 aliphatic heterocycles. The van der Waals surface area contributed by atoms with Gasteiger partial charge < -0.3 is 10.4 Å². The predicted molar refractivity (Wildman–Crippen MR) is 75.5 cm³/mol. The molecular weight excluding hydrogens is 276 g/mol. The molecule has 0 spiro atoms. The van der Waals surface area contributed by atoms with Crippen molar-refractivity contribution in [3.8, 4) is 0 Å². The van der Waals surface area contributed by atoms with Crippen LogP contribution in [0.25, 0.3) is 0 Å². The summed E-state index contributed by atoms with van der Waals surface area (Å²) in [7, 11) is 1.82. The molecule has 110 valence electrons. The van der Waals surface area contributed by atoms with Crippen molar-refractivity contribution in [2.45, 2.75) is 6.42 Å².